The molecule has 4 heterocycles. The summed E-state index contributed by atoms with van der Waals surface area (Å²) in [6.45, 7) is 3.19. The molecule has 6 fully saturated rings. The molecule has 0 spiro atoms. The number of aliphatic hydroxyl groups excluding tert-OH is 5. The molecule has 84 heavy (non-hydrogen) atoms. The van der Waals surface area contributed by atoms with Crippen LogP contribution in [0.15, 0.2) is 96.9 Å². The number of carboxylic acid groups (broad SMARTS) is 1. The van der Waals surface area contributed by atoms with E-state index in [1.54, 1.807) is 36.4 Å². The monoisotopic (exact) mass is 1160 g/mol. The van der Waals surface area contributed by atoms with Gasteiger partial charge in [0.1, 0.15) is 37.3 Å². The van der Waals surface area contributed by atoms with Crippen molar-refractivity contribution < 1.29 is 87.8 Å². The first kappa shape index (κ1) is 58.3. The predicted octanol–water partition coefficient (Wildman–Crippen LogP) is 1.73. The van der Waals surface area contributed by atoms with Crippen molar-refractivity contribution in [2.45, 2.75) is 126 Å². The maximum atomic E-state index is 14.1. The number of aliphatic carboxylic acids is 1. The number of amides is 3. The van der Waals surface area contributed by atoms with Crippen LogP contribution in [0.5, 0.6) is 5.75 Å². The van der Waals surface area contributed by atoms with Gasteiger partial charge in [-0.1, -0.05) is 80.1 Å². The molecule has 4 aromatic rings. The van der Waals surface area contributed by atoms with Crippen LogP contribution in [0.3, 0.4) is 0 Å². The molecule has 3 amide bonds. The average molecular weight is 1160 g/mol. The fourth-order valence-electron chi connectivity index (χ4n) is 14.0. The molecular formula is C59H65N7O18. The van der Waals surface area contributed by atoms with Crippen LogP contribution in [0, 0.1) is 28.6 Å². The highest BCUT2D eigenvalue weighted by Crippen LogP contribution is 2.70. The van der Waals surface area contributed by atoms with Crippen LogP contribution >= 0.6 is 0 Å². The molecule has 4 aliphatic carbocycles. The molecule has 3 saturated carbocycles. The molecule has 9 N–H and O–H groups in total. The summed E-state index contributed by atoms with van der Waals surface area (Å²) in [6, 6.07) is 18.4. The molecule has 0 unspecified atom stereocenters. The fraction of sp³-hybridized carbons (Fsp3) is 0.492. The zero-order valence-electron chi connectivity index (χ0n) is 45.9. The topological polar surface area (TPSA) is 367 Å². The third-order valence-corrected chi connectivity index (χ3v) is 18.1. The van der Waals surface area contributed by atoms with Gasteiger partial charge in [-0.3, -0.25) is 19.2 Å². The molecule has 3 aliphatic heterocycles. The number of allylic oxidation sites excluding steroid dienone is 4. The Hall–Kier alpha value is -7.46. The summed E-state index contributed by atoms with van der Waals surface area (Å²) >= 11 is 0. The Balaban J connectivity index is 0.717. The van der Waals surface area contributed by atoms with Gasteiger partial charge in [0.15, 0.2) is 35.9 Å². The number of anilines is 1. The summed E-state index contributed by atoms with van der Waals surface area (Å²) in [5.41, 5.74) is 0.293. The number of hydrogen-bond acceptors (Lipinski definition) is 21. The molecular weight excluding hydrogens is 1090 g/mol. The van der Waals surface area contributed by atoms with Crippen molar-refractivity contribution in [3.63, 3.8) is 0 Å². The van der Waals surface area contributed by atoms with Crippen molar-refractivity contribution in [3.05, 3.63) is 119 Å². The lowest BCUT2D eigenvalue weighted by Crippen LogP contribution is -2.63. The molecule has 444 valence electrons. The van der Waals surface area contributed by atoms with Crippen molar-refractivity contribution in [2.75, 3.05) is 31.7 Å². The Morgan fingerprint density at radius 2 is 1.58 bits per heavy atom. The summed E-state index contributed by atoms with van der Waals surface area (Å²) in [5, 5.41) is 87.0. The normalized spacial score (nSPS) is 32.5. The predicted molar refractivity (Wildman–Crippen MR) is 288 cm³/mol. The van der Waals surface area contributed by atoms with Crippen LogP contribution in [-0.4, -0.2) is 167 Å². The van der Waals surface area contributed by atoms with Crippen LogP contribution in [-0.2, 0) is 67.1 Å². The third-order valence-electron chi connectivity index (χ3n) is 18.1. The second-order valence-corrected chi connectivity index (χ2v) is 23.3. The number of benzene rings is 3. The lowest BCUT2D eigenvalue weighted by atomic mass is 9.46. The highest BCUT2D eigenvalue weighted by molar-refractivity contribution is 6.01. The number of Topliss-reactive ketones (excluding diaryl/α,β-unsaturated/α-hetero) is 1. The molecule has 1 aromatic heterocycles. The molecule has 7 aliphatic rings. The summed E-state index contributed by atoms with van der Waals surface area (Å²) in [6.07, 6.45) is -4.31. The highest BCUT2D eigenvalue weighted by Gasteiger charge is 2.76. The zero-order valence-corrected chi connectivity index (χ0v) is 45.9. The van der Waals surface area contributed by atoms with Gasteiger partial charge in [-0.2, -0.15) is 0 Å². The van der Waals surface area contributed by atoms with Gasteiger partial charge in [0.05, 0.1) is 43.1 Å². The number of nitrogens with zero attached hydrogens (tertiary/aromatic N) is 4. The standard InChI is InChI=1S/C59H65N7O18/c1-56-17-15-36(68)21-35(56)12-13-37-38-22-43-59(42(70)25-67,57(38,2)24-40(69)46(37)56)84-53(82-43)34-10-5-31(6-11-34)23-58(27-79-28-58)64-55(78)80-26-32-7-14-41(81-54-49(75)47(73)48(74)50(83-54)52(76)77)39(19-32)63-44(71)16-18-60-45(72)20-30-3-8-33(9-4-30)51-65-61-29-62-66-51/h3-11,14-15,17,19,21,29,37-38,40,43,46-50,53-54,67,69,73-75H,12-13,16,18,20,22-28H2,1-2H3,(H,60,72)(H,63,71)(H,64,78)(H,76,77)/t37-,38-,40-,43+,46+,47-,48-,49+,50-,53+,54+,56-,57-,59+/m0/s1. The third kappa shape index (κ3) is 10.9. The number of aliphatic hydroxyl groups is 5. The number of carbonyl (C=O) groups is 6. The number of fused-ring (bicyclic) bond motifs is 7. The van der Waals surface area contributed by atoms with Crippen molar-refractivity contribution >= 4 is 41.1 Å². The molecule has 11 rings (SSSR count). The number of nitrogens with one attached hydrogen (secondary N) is 3. The summed E-state index contributed by atoms with van der Waals surface area (Å²) in [4.78, 5) is 78.0. The maximum Gasteiger partial charge on any atom is 0.408 e. The van der Waals surface area contributed by atoms with E-state index in [-0.39, 0.29) is 86.5 Å². The number of ketones is 2. The van der Waals surface area contributed by atoms with Crippen LogP contribution in [0.1, 0.15) is 74.5 Å². The number of carbonyl (C=O) groups excluding carboxylic acids is 5. The molecule has 25 heteroatoms. The van der Waals surface area contributed by atoms with Crippen LogP contribution in [0.4, 0.5) is 10.5 Å². The Labute approximate surface area is 480 Å². The molecule has 0 bridgehead atoms. The largest absolute Gasteiger partial charge is 0.479 e. The van der Waals surface area contributed by atoms with Crippen LogP contribution < -0.4 is 20.7 Å². The first-order valence-corrected chi connectivity index (χ1v) is 27.8. The Bertz CT molecular complexity index is 3260. The highest BCUT2D eigenvalue weighted by atomic mass is 16.7. The van der Waals surface area contributed by atoms with E-state index in [2.05, 4.69) is 43.3 Å². The molecule has 25 nitrogen and oxygen atoms in total. The van der Waals surface area contributed by atoms with Gasteiger partial charge in [-0.05, 0) is 78.5 Å². The number of carboxylic acids is 1. The van der Waals surface area contributed by atoms with Crippen LogP contribution in [0.2, 0.25) is 0 Å². The second-order valence-electron chi connectivity index (χ2n) is 23.3. The van der Waals surface area contributed by atoms with E-state index < -0.39 is 102 Å². The Morgan fingerprint density at radius 3 is 2.29 bits per heavy atom. The van der Waals surface area contributed by atoms with E-state index >= 15 is 0 Å². The van der Waals surface area contributed by atoms with Gasteiger partial charge in [0, 0.05) is 47.3 Å². The van der Waals surface area contributed by atoms with E-state index in [0.29, 0.717) is 47.3 Å². The molecule has 3 saturated heterocycles. The number of ether oxygens (including phenoxy) is 6. The van der Waals surface area contributed by atoms with E-state index in [4.69, 9.17) is 28.4 Å². The smallest absolute Gasteiger partial charge is 0.408 e. The van der Waals surface area contributed by atoms with Gasteiger partial charge in [-0.15, -0.1) is 20.4 Å². The maximum absolute atomic E-state index is 14.1. The average Bonchev–Trinajstić information content (AvgIpc) is 1.49. The minimum absolute atomic E-state index is 0.00388. The first-order valence-electron chi connectivity index (χ1n) is 27.8. The van der Waals surface area contributed by atoms with Crippen LogP contribution in [0.25, 0.3) is 11.4 Å². The lowest BCUT2D eigenvalue weighted by molar-refractivity contribution is -0.271. The number of aromatic nitrogens is 4. The fourth-order valence-corrected chi connectivity index (χ4v) is 14.0. The molecule has 14 atom stereocenters. The zero-order chi connectivity index (χ0) is 59.3. The van der Waals surface area contributed by atoms with E-state index in [1.807, 2.05) is 37.3 Å². The van der Waals surface area contributed by atoms with Crippen molar-refractivity contribution in [1.82, 2.24) is 31.0 Å². The summed E-state index contributed by atoms with van der Waals surface area (Å²) in [7, 11) is 0. The van der Waals surface area contributed by atoms with Gasteiger partial charge in [0.2, 0.25) is 23.9 Å². The van der Waals surface area contributed by atoms with Crippen molar-refractivity contribution in [2.24, 2.45) is 28.6 Å². The number of alkyl carbamates (subject to hydrolysis) is 1. The summed E-state index contributed by atoms with van der Waals surface area (Å²) in [5.74, 6) is -3.26. The van der Waals surface area contributed by atoms with E-state index in [0.717, 1.165) is 17.6 Å². The number of hydrogen-bond donors (Lipinski definition) is 9. The van der Waals surface area contributed by atoms with E-state index in [1.165, 1.54) is 24.5 Å². The van der Waals surface area contributed by atoms with Crippen molar-refractivity contribution in [3.8, 4) is 17.1 Å². The lowest BCUT2D eigenvalue weighted by Gasteiger charge is -2.59. The van der Waals surface area contributed by atoms with Gasteiger partial charge >= 0.3 is 12.1 Å². The summed E-state index contributed by atoms with van der Waals surface area (Å²) < 4.78 is 35.8. The molecule has 0 radical (unpaired) electrons. The van der Waals surface area contributed by atoms with Gasteiger partial charge < -0.3 is 75.0 Å². The quantitative estimate of drug-likeness (QED) is 0.0685. The van der Waals surface area contributed by atoms with Gasteiger partial charge in [-0.25, -0.2) is 9.59 Å². The minimum Gasteiger partial charge on any atom is -0.479 e. The Morgan fingerprint density at radius 1 is 0.857 bits per heavy atom. The van der Waals surface area contributed by atoms with Gasteiger partial charge in [0.25, 0.3) is 0 Å². The van der Waals surface area contributed by atoms with Crippen molar-refractivity contribution in [1.29, 1.82) is 0 Å². The minimum atomic E-state index is -1.99. The second kappa shape index (κ2) is 23.2. The first-order chi connectivity index (χ1) is 40.2. The number of rotatable bonds is 18. The SMILES string of the molecule is C[C@]12C=CC(=O)C=C1CC[C@@H]1[C@@H]2[C@@H](O)C[C@@]2(C)[C@H]1C[C@H]1O[C@@H](c3ccc(CC4(NC(=O)OCc5ccc(O[C@@H]6O[C@H](C(=O)O)[C@@H](O)[C@H](O)[C@H]6O)c(NC(=O)CCNC(=O)Cc6ccc(-c7nncnn7)cc6)c5)COC4)cc3)O[C@]12C(=O)CO. The van der Waals surface area contributed by atoms with E-state index in [9.17, 15) is 59.4 Å². The Kier molecular flexibility index (Phi) is 16.1. The molecule has 3 aromatic carbocycles.